The second-order valence-corrected chi connectivity index (χ2v) is 4.17. The van der Waals surface area contributed by atoms with Crippen LogP contribution in [0.15, 0.2) is 42.5 Å². The van der Waals surface area contributed by atoms with Gasteiger partial charge in [-0.1, -0.05) is 36.4 Å². The van der Waals surface area contributed by atoms with Gasteiger partial charge in [0.2, 0.25) is 5.91 Å². The molecule has 0 heterocycles. The Kier molecular flexibility index (Phi) is 3.28. The van der Waals surface area contributed by atoms with Crippen molar-refractivity contribution in [2.45, 2.75) is 0 Å². The largest absolute Gasteiger partial charge is 0.376 e. The molecule has 1 amide bonds. The van der Waals surface area contributed by atoms with E-state index in [1.54, 1.807) is 19.0 Å². The third-order valence-electron chi connectivity index (χ3n) is 2.72. The summed E-state index contributed by atoms with van der Waals surface area (Å²) in [5.41, 5.74) is 0.998. The van der Waals surface area contributed by atoms with E-state index in [4.69, 9.17) is 0 Å². The SMILES string of the molecule is CN(C)C(=O)CNc1cccc2ccccc12. The average Bonchev–Trinajstić information content (AvgIpc) is 2.35. The van der Waals surface area contributed by atoms with Gasteiger partial charge in [0.05, 0.1) is 6.54 Å². The molecule has 0 unspecified atom stereocenters. The maximum absolute atomic E-state index is 11.5. The number of anilines is 1. The standard InChI is InChI=1S/C14H16N2O/c1-16(2)14(17)10-15-13-9-5-7-11-6-3-4-8-12(11)13/h3-9,15H,10H2,1-2H3. The lowest BCUT2D eigenvalue weighted by Crippen LogP contribution is -2.28. The van der Waals surface area contributed by atoms with Gasteiger partial charge in [-0.05, 0) is 11.5 Å². The van der Waals surface area contributed by atoms with Gasteiger partial charge in [-0.25, -0.2) is 0 Å². The summed E-state index contributed by atoms with van der Waals surface area (Å²) in [4.78, 5) is 13.1. The van der Waals surface area contributed by atoms with Gasteiger partial charge in [0.1, 0.15) is 0 Å². The highest BCUT2D eigenvalue weighted by molar-refractivity contribution is 5.95. The van der Waals surface area contributed by atoms with Crippen molar-refractivity contribution in [3.63, 3.8) is 0 Å². The molecule has 2 rings (SSSR count). The van der Waals surface area contributed by atoms with Gasteiger partial charge in [0.15, 0.2) is 0 Å². The molecule has 3 heteroatoms. The number of fused-ring (bicyclic) bond motifs is 1. The fraction of sp³-hybridized carbons (Fsp3) is 0.214. The fourth-order valence-electron chi connectivity index (χ4n) is 1.71. The van der Waals surface area contributed by atoms with Crippen LogP contribution in [0.4, 0.5) is 5.69 Å². The van der Waals surface area contributed by atoms with Gasteiger partial charge in [0, 0.05) is 25.2 Å². The van der Waals surface area contributed by atoms with Crippen LogP contribution in [0.1, 0.15) is 0 Å². The summed E-state index contributed by atoms with van der Waals surface area (Å²) in [7, 11) is 3.51. The number of likely N-dealkylation sites (N-methyl/N-ethyl adjacent to an activating group) is 1. The zero-order chi connectivity index (χ0) is 12.3. The first-order valence-corrected chi connectivity index (χ1v) is 5.60. The number of carbonyl (C=O) groups excluding carboxylic acids is 1. The highest BCUT2D eigenvalue weighted by Gasteiger charge is 2.04. The topological polar surface area (TPSA) is 32.3 Å². The summed E-state index contributed by atoms with van der Waals surface area (Å²) in [6.45, 7) is 0.320. The Hall–Kier alpha value is -2.03. The lowest BCUT2D eigenvalue weighted by molar-refractivity contribution is -0.126. The maximum atomic E-state index is 11.5. The van der Waals surface area contributed by atoms with Gasteiger partial charge >= 0.3 is 0 Å². The van der Waals surface area contributed by atoms with Gasteiger partial charge in [-0.3, -0.25) is 4.79 Å². The van der Waals surface area contributed by atoms with Crippen LogP contribution in [-0.2, 0) is 4.79 Å². The molecule has 0 aromatic heterocycles. The first-order chi connectivity index (χ1) is 8.18. The number of hydrogen-bond donors (Lipinski definition) is 1. The molecule has 1 N–H and O–H groups in total. The van der Waals surface area contributed by atoms with Crippen molar-refractivity contribution < 1.29 is 4.79 Å². The van der Waals surface area contributed by atoms with Gasteiger partial charge in [-0.2, -0.15) is 0 Å². The number of nitrogens with zero attached hydrogens (tertiary/aromatic N) is 1. The predicted octanol–water partition coefficient (Wildman–Crippen LogP) is 2.34. The quantitative estimate of drug-likeness (QED) is 0.874. The molecule has 0 saturated heterocycles. The Morgan fingerprint density at radius 1 is 1.12 bits per heavy atom. The number of carbonyl (C=O) groups is 1. The van der Waals surface area contributed by atoms with Crippen molar-refractivity contribution in [1.29, 1.82) is 0 Å². The first-order valence-electron chi connectivity index (χ1n) is 5.60. The Labute approximate surface area is 101 Å². The van der Waals surface area contributed by atoms with Crippen molar-refractivity contribution >= 4 is 22.4 Å². The number of hydrogen-bond acceptors (Lipinski definition) is 2. The molecular formula is C14H16N2O. The summed E-state index contributed by atoms with van der Waals surface area (Å²) < 4.78 is 0. The van der Waals surface area contributed by atoms with E-state index in [1.807, 2.05) is 24.3 Å². The number of nitrogens with one attached hydrogen (secondary N) is 1. The summed E-state index contributed by atoms with van der Waals surface area (Å²) in [5, 5.41) is 5.49. The minimum absolute atomic E-state index is 0.0675. The van der Waals surface area contributed by atoms with Crippen molar-refractivity contribution in [1.82, 2.24) is 4.90 Å². The van der Waals surface area contributed by atoms with Crippen molar-refractivity contribution in [3.8, 4) is 0 Å². The molecule has 0 atom stereocenters. The van der Waals surface area contributed by atoms with E-state index < -0.39 is 0 Å². The van der Waals surface area contributed by atoms with Crippen LogP contribution in [-0.4, -0.2) is 31.4 Å². The van der Waals surface area contributed by atoms with Crippen LogP contribution in [0, 0.1) is 0 Å². The third-order valence-corrected chi connectivity index (χ3v) is 2.72. The molecular weight excluding hydrogens is 212 g/mol. The second-order valence-electron chi connectivity index (χ2n) is 4.17. The number of benzene rings is 2. The van der Waals surface area contributed by atoms with E-state index >= 15 is 0 Å². The fourth-order valence-corrected chi connectivity index (χ4v) is 1.71. The lowest BCUT2D eigenvalue weighted by Gasteiger charge is -2.13. The molecule has 0 bridgehead atoms. The Balaban J connectivity index is 2.21. The smallest absolute Gasteiger partial charge is 0.241 e. The Bertz CT molecular complexity index is 529. The summed E-state index contributed by atoms with van der Waals surface area (Å²) in [5.74, 6) is 0.0675. The van der Waals surface area contributed by atoms with E-state index in [-0.39, 0.29) is 5.91 Å². The zero-order valence-corrected chi connectivity index (χ0v) is 10.1. The van der Waals surface area contributed by atoms with Gasteiger partial charge in [0.25, 0.3) is 0 Å². The molecule has 0 radical (unpaired) electrons. The van der Waals surface area contributed by atoms with Crippen LogP contribution >= 0.6 is 0 Å². The van der Waals surface area contributed by atoms with Crippen LogP contribution in [0.3, 0.4) is 0 Å². The van der Waals surface area contributed by atoms with Crippen molar-refractivity contribution in [2.75, 3.05) is 26.0 Å². The minimum Gasteiger partial charge on any atom is -0.376 e. The molecule has 0 spiro atoms. The van der Waals surface area contributed by atoms with Crippen molar-refractivity contribution in [3.05, 3.63) is 42.5 Å². The molecule has 88 valence electrons. The molecule has 3 nitrogen and oxygen atoms in total. The van der Waals surface area contributed by atoms with Crippen LogP contribution < -0.4 is 5.32 Å². The van der Waals surface area contributed by atoms with Crippen LogP contribution in [0.2, 0.25) is 0 Å². The molecule has 0 saturated carbocycles. The predicted molar refractivity (Wildman–Crippen MR) is 71.1 cm³/mol. The molecule has 0 aliphatic rings. The lowest BCUT2D eigenvalue weighted by atomic mass is 10.1. The summed E-state index contributed by atoms with van der Waals surface area (Å²) in [6, 6.07) is 14.2. The summed E-state index contributed by atoms with van der Waals surface area (Å²) in [6.07, 6.45) is 0. The van der Waals surface area contributed by atoms with Gasteiger partial charge < -0.3 is 10.2 Å². The van der Waals surface area contributed by atoms with Crippen LogP contribution in [0.25, 0.3) is 10.8 Å². The minimum atomic E-state index is 0.0675. The number of rotatable bonds is 3. The second kappa shape index (κ2) is 4.87. The van der Waals surface area contributed by atoms with E-state index in [2.05, 4.69) is 23.5 Å². The first kappa shape index (κ1) is 11.5. The maximum Gasteiger partial charge on any atom is 0.241 e. The number of amides is 1. The normalized spacial score (nSPS) is 10.2. The Morgan fingerprint density at radius 2 is 1.82 bits per heavy atom. The molecule has 2 aromatic carbocycles. The highest BCUT2D eigenvalue weighted by Crippen LogP contribution is 2.22. The third kappa shape index (κ3) is 2.56. The van der Waals surface area contributed by atoms with Crippen molar-refractivity contribution in [2.24, 2.45) is 0 Å². The molecule has 0 aliphatic carbocycles. The zero-order valence-electron chi connectivity index (χ0n) is 10.1. The van der Waals surface area contributed by atoms with E-state index in [1.165, 1.54) is 5.39 Å². The molecule has 17 heavy (non-hydrogen) atoms. The Morgan fingerprint density at radius 3 is 2.59 bits per heavy atom. The van der Waals surface area contributed by atoms with Crippen LogP contribution in [0.5, 0.6) is 0 Å². The van der Waals surface area contributed by atoms with E-state index in [0.29, 0.717) is 6.54 Å². The highest BCUT2D eigenvalue weighted by atomic mass is 16.2. The summed E-state index contributed by atoms with van der Waals surface area (Å²) >= 11 is 0. The van der Waals surface area contributed by atoms with E-state index in [0.717, 1.165) is 11.1 Å². The monoisotopic (exact) mass is 228 g/mol. The van der Waals surface area contributed by atoms with E-state index in [9.17, 15) is 4.79 Å². The molecule has 0 aliphatic heterocycles. The molecule has 2 aromatic rings. The van der Waals surface area contributed by atoms with Gasteiger partial charge in [-0.15, -0.1) is 0 Å². The molecule has 0 fully saturated rings. The average molecular weight is 228 g/mol.